The predicted octanol–water partition coefficient (Wildman–Crippen LogP) is 4.39. The number of thiazole rings is 1. The Balaban J connectivity index is 1.50. The molecule has 0 saturated heterocycles. The van der Waals surface area contributed by atoms with Gasteiger partial charge in [-0.3, -0.25) is 9.59 Å². The van der Waals surface area contributed by atoms with Crippen LogP contribution in [0.1, 0.15) is 41.7 Å². The molecule has 148 valence electrons. The maximum absolute atomic E-state index is 12.4. The van der Waals surface area contributed by atoms with Crippen molar-refractivity contribution in [2.24, 2.45) is 0 Å². The van der Waals surface area contributed by atoms with Gasteiger partial charge in [0.2, 0.25) is 12.3 Å². The lowest BCUT2D eigenvalue weighted by atomic mass is 10.0. The molecule has 3 aromatic rings. The summed E-state index contributed by atoms with van der Waals surface area (Å²) in [6.07, 6.45) is 7.66. The number of rotatable bonds is 8. The molecule has 0 bridgehead atoms. The van der Waals surface area contributed by atoms with Gasteiger partial charge in [-0.15, -0.1) is 11.3 Å². The standard InChI is InChI=1S/C22H22N4O2S/c1-2-18-12-24-22(29-18)26-20(28)9-14-4-3-5-16(8-14)17-10-19(15-6-7-15)21(23-11-17)25-13-27/h3-5,8,10-13,15H,2,6-7,9H2,1H3,(H,23,25,27)(H,24,26,28). The summed E-state index contributed by atoms with van der Waals surface area (Å²) in [6, 6.07) is 10.0. The molecule has 0 aliphatic heterocycles. The van der Waals surface area contributed by atoms with E-state index in [1.807, 2.05) is 24.3 Å². The van der Waals surface area contributed by atoms with Crippen LogP contribution in [0.5, 0.6) is 0 Å². The molecule has 0 unspecified atom stereocenters. The highest BCUT2D eigenvalue weighted by Crippen LogP contribution is 2.43. The number of aromatic nitrogens is 2. The first-order chi connectivity index (χ1) is 14.2. The average Bonchev–Trinajstić information content (AvgIpc) is 3.48. The van der Waals surface area contributed by atoms with E-state index in [1.54, 1.807) is 12.4 Å². The average molecular weight is 407 g/mol. The highest BCUT2D eigenvalue weighted by atomic mass is 32.1. The number of anilines is 2. The number of hydrogen-bond acceptors (Lipinski definition) is 5. The fourth-order valence-corrected chi connectivity index (χ4v) is 4.03. The zero-order valence-electron chi connectivity index (χ0n) is 16.1. The van der Waals surface area contributed by atoms with Crippen LogP contribution in [0.25, 0.3) is 11.1 Å². The first-order valence-electron chi connectivity index (χ1n) is 9.70. The second kappa shape index (κ2) is 8.53. The van der Waals surface area contributed by atoms with Crippen molar-refractivity contribution in [1.82, 2.24) is 9.97 Å². The van der Waals surface area contributed by atoms with Gasteiger partial charge in [0.15, 0.2) is 5.13 Å². The van der Waals surface area contributed by atoms with Crippen molar-refractivity contribution in [1.29, 1.82) is 0 Å². The van der Waals surface area contributed by atoms with E-state index >= 15 is 0 Å². The molecule has 1 aliphatic rings. The lowest BCUT2D eigenvalue weighted by Gasteiger charge is -2.10. The Morgan fingerprint density at radius 3 is 2.79 bits per heavy atom. The van der Waals surface area contributed by atoms with Crippen molar-refractivity contribution in [3.05, 3.63) is 58.7 Å². The minimum atomic E-state index is -0.0820. The summed E-state index contributed by atoms with van der Waals surface area (Å²) in [7, 11) is 0. The third-order valence-electron chi connectivity index (χ3n) is 4.90. The number of nitrogens with zero attached hydrogens (tertiary/aromatic N) is 2. The second-order valence-electron chi connectivity index (χ2n) is 7.11. The Hall–Kier alpha value is -3.06. The van der Waals surface area contributed by atoms with Gasteiger partial charge in [-0.2, -0.15) is 0 Å². The highest BCUT2D eigenvalue weighted by Gasteiger charge is 2.27. The molecule has 4 rings (SSSR count). The Morgan fingerprint density at radius 2 is 2.07 bits per heavy atom. The molecule has 1 aliphatic carbocycles. The number of benzene rings is 1. The Kier molecular flexibility index (Phi) is 5.67. The van der Waals surface area contributed by atoms with Gasteiger partial charge in [0.25, 0.3) is 0 Å². The van der Waals surface area contributed by atoms with Crippen LogP contribution in [-0.4, -0.2) is 22.3 Å². The molecule has 2 aromatic heterocycles. The fourth-order valence-electron chi connectivity index (χ4n) is 3.26. The van der Waals surface area contributed by atoms with Crippen LogP contribution in [0, 0.1) is 0 Å². The topological polar surface area (TPSA) is 84.0 Å². The predicted molar refractivity (Wildman–Crippen MR) is 115 cm³/mol. The normalized spacial score (nSPS) is 13.1. The molecular formula is C22H22N4O2S. The summed E-state index contributed by atoms with van der Waals surface area (Å²) in [5.41, 5.74) is 3.99. The zero-order chi connectivity index (χ0) is 20.2. The van der Waals surface area contributed by atoms with Crippen LogP contribution in [0.3, 0.4) is 0 Å². The highest BCUT2D eigenvalue weighted by molar-refractivity contribution is 7.15. The van der Waals surface area contributed by atoms with Gasteiger partial charge >= 0.3 is 0 Å². The summed E-state index contributed by atoms with van der Waals surface area (Å²) in [5, 5.41) is 6.20. The van der Waals surface area contributed by atoms with Crippen molar-refractivity contribution >= 4 is 34.6 Å². The lowest BCUT2D eigenvalue weighted by molar-refractivity contribution is -0.115. The van der Waals surface area contributed by atoms with Crippen LogP contribution in [0.2, 0.25) is 0 Å². The van der Waals surface area contributed by atoms with E-state index in [-0.39, 0.29) is 12.3 Å². The minimum Gasteiger partial charge on any atom is -0.313 e. The van der Waals surface area contributed by atoms with Crippen LogP contribution in [0.15, 0.2) is 42.7 Å². The van der Waals surface area contributed by atoms with Gasteiger partial charge in [0.1, 0.15) is 5.82 Å². The molecule has 29 heavy (non-hydrogen) atoms. The molecule has 1 saturated carbocycles. The van der Waals surface area contributed by atoms with Gasteiger partial charge in [-0.25, -0.2) is 9.97 Å². The number of aryl methyl sites for hydroxylation is 1. The van der Waals surface area contributed by atoms with Crippen molar-refractivity contribution in [3.8, 4) is 11.1 Å². The van der Waals surface area contributed by atoms with Crippen molar-refractivity contribution < 1.29 is 9.59 Å². The number of pyridine rings is 1. The molecular weight excluding hydrogens is 384 g/mol. The number of hydrogen-bond donors (Lipinski definition) is 2. The summed E-state index contributed by atoms with van der Waals surface area (Å²) in [5.74, 6) is 1.02. The van der Waals surface area contributed by atoms with Crippen LogP contribution in [0.4, 0.5) is 10.9 Å². The number of carbonyl (C=O) groups excluding carboxylic acids is 2. The largest absolute Gasteiger partial charge is 0.313 e. The Bertz CT molecular complexity index is 1040. The van der Waals surface area contributed by atoms with Gasteiger partial charge < -0.3 is 10.6 Å². The molecule has 1 fully saturated rings. The van der Waals surface area contributed by atoms with E-state index in [0.717, 1.165) is 46.4 Å². The van der Waals surface area contributed by atoms with E-state index in [4.69, 9.17) is 0 Å². The quantitative estimate of drug-likeness (QED) is 0.543. The second-order valence-corrected chi connectivity index (χ2v) is 8.22. The molecule has 2 heterocycles. The van der Waals surface area contributed by atoms with E-state index in [1.165, 1.54) is 11.3 Å². The molecule has 7 heteroatoms. The summed E-state index contributed by atoms with van der Waals surface area (Å²) >= 11 is 1.51. The monoisotopic (exact) mass is 406 g/mol. The molecule has 2 amide bonds. The smallest absolute Gasteiger partial charge is 0.230 e. The number of carbonyl (C=O) groups is 2. The number of nitrogens with one attached hydrogen (secondary N) is 2. The Labute approximate surface area is 173 Å². The molecule has 0 atom stereocenters. The van der Waals surface area contributed by atoms with Gasteiger partial charge in [0.05, 0.1) is 6.42 Å². The SMILES string of the molecule is CCc1cnc(NC(=O)Cc2cccc(-c3cnc(NC=O)c(C4CC4)c3)c2)s1. The molecule has 2 N–H and O–H groups in total. The molecule has 6 nitrogen and oxygen atoms in total. The maximum atomic E-state index is 12.4. The lowest BCUT2D eigenvalue weighted by Crippen LogP contribution is -2.14. The third-order valence-corrected chi connectivity index (χ3v) is 5.96. The zero-order valence-corrected chi connectivity index (χ0v) is 17.0. The van der Waals surface area contributed by atoms with E-state index < -0.39 is 0 Å². The van der Waals surface area contributed by atoms with E-state index in [9.17, 15) is 9.59 Å². The maximum Gasteiger partial charge on any atom is 0.230 e. The summed E-state index contributed by atoms with van der Waals surface area (Å²) in [6.45, 7) is 2.07. The van der Waals surface area contributed by atoms with Crippen LogP contribution < -0.4 is 10.6 Å². The van der Waals surface area contributed by atoms with E-state index in [0.29, 0.717) is 23.3 Å². The van der Waals surface area contributed by atoms with Gasteiger partial charge in [0, 0.05) is 22.8 Å². The fraction of sp³-hybridized carbons (Fsp3) is 0.273. The third kappa shape index (κ3) is 4.68. The molecule has 0 spiro atoms. The number of amides is 2. The van der Waals surface area contributed by atoms with Crippen LogP contribution in [-0.2, 0) is 22.4 Å². The summed E-state index contributed by atoms with van der Waals surface area (Å²) in [4.78, 5) is 33.0. The van der Waals surface area contributed by atoms with Crippen molar-refractivity contribution in [3.63, 3.8) is 0 Å². The van der Waals surface area contributed by atoms with E-state index in [2.05, 4.69) is 33.6 Å². The van der Waals surface area contributed by atoms with Gasteiger partial charge in [-0.1, -0.05) is 31.2 Å². The first kappa shape index (κ1) is 19.3. The van der Waals surface area contributed by atoms with Crippen molar-refractivity contribution in [2.75, 3.05) is 10.6 Å². The summed E-state index contributed by atoms with van der Waals surface area (Å²) < 4.78 is 0. The minimum absolute atomic E-state index is 0.0820. The first-order valence-corrected chi connectivity index (χ1v) is 10.5. The molecule has 0 radical (unpaired) electrons. The Morgan fingerprint density at radius 1 is 1.21 bits per heavy atom. The van der Waals surface area contributed by atoms with Crippen LogP contribution >= 0.6 is 11.3 Å². The van der Waals surface area contributed by atoms with Crippen molar-refractivity contribution in [2.45, 2.75) is 38.5 Å². The molecule has 1 aromatic carbocycles. The van der Waals surface area contributed by atoms with Gasteiger partial charge in [-0.05, 0) is 47.9 Å².